The van der Waals surface area contributed by atoms with E-state index in [0.717, 1.165) is 24.3 Å². The van der Waals surface area contributed by atoms with E-state index in [0.29, 0.717) is 18.1 Å². The predicted molar refractivity (Wildman–Crippen MR) is 112 cm³/mol. The summed E-state index contributed by atoms with van der Waals surface area (Å²) in [6.07, 6.45) is 8.01. The minimum Gasteiger partial charge on any atom is -0.490 e. The molecule has 0 aliphatic heterocycles. The van der Waals surface area contributed by atoms with Crippen molar-refractivity contribution in [2.45, 2.75) is 51.9 Å². The highest BCUT2D eigenvalue weighted by Crippen LogP contribution is 2.59. The molecule has 4 aliphatic carbocycles. The van der Waals surface area contributed by atoms with Crippen molar-refractivity contribution in [1.82, 2.24) is 5.32 Å². The fraction of sp³-hybridized carbons (Fsp3) is 0.667. The molecule has 0 aromatic heterocycles. The van der Waals surface area contributed by atoms with E-state index in [9.17, 15) is 9.59 Å². The molecule has 1 N–H and O–H groups in total. The van der Waals surface area contributed by atoms with Crippen molar-refractivity contribution in [1.29, 1.82) is 0 Å². The number of ether oxygens (including phenoxy) is 3. The zero-order chi connectivity index (χ0) is 21.0. The van der Waals surface area contributed by atoms with Gasteiger partial charge in [-0.15, -0.1) is 0 Å². The van der Waals surface area contributed by atoms with Gasteiger partial charge in [-0.05, 0) is 80.8 Å². The second-order valence-corrected chi connectivity index (χ2v) is 9.33. The second kappa shape index (κ2) is 9.27. The van der Waals surface area contributed by atoms with Crippen LogP contribution in [0.4, 0.5) is 0 Å². The number of benzene rings is 1. The summed E-state index contributed by atoms with van der Waals surface area (Å²) in [6, 6.07) is 7.35. The highest BCUT2D eigenvalue weighted by atomic mass is 16.5. The number of amides is 1. The van der Waals surface area contributed by atoms with Crippen molar-refractivity contribution < 1.29 is 23.8 Å². The molecule has 6 heteroatoms. The molecule has 1 amide bonds. The standard InChI is InChI=1S/C24H33NO5/c1-2-28-20-5-3-4-6-21(20)29-8-7-23(27)30-15-22(26)25-16-24-12-17-9-18(13-24)11-19(10-17)14-24/h3-6,17-19H,2,7-16H2,1H3,(H,25,26). The molecule has 0 saturated heterocycles. The first-order valence-electron chi connectivity index (χ1n) is 11.3. The number of nitrogens with one attached hydrogen (secondary N) is 1. The maximum atomic E-state index is 12.2. The lowest BCUT2D eigenvalue weighted by Gasteiger charge is -2.56. The lowest BCUT2D eigenvalue weighted by atomic mass is 9.49. The van der Waals surface area contributed by atoms with E-state index in [-0.39, 0.29) is 31.0 Å². The molecule has 4 saturated carbocycles. The highest BCUT2D eigenvalue weighted by Gasteiger charge is 2.50. The largest absolute Gasteiger partial charge is 0.490 e. The Morgan fingerprint density at radius 3 is 2.20 bits per heavy atom. The van der Waals surface area contributed by atoms with Gasteiger partial charge in [0.15, 0.2) is 18.1 Å². The van der Waals surface area contributed by atoms with Crippen molar-refractivity contribution in [3.05, 3.63) is 24.3 Å². The first-order chi connectivity index (χ1) is 14.5. The average Bonchev–Trinajstić information content (AvgIpc) is 2.71. The van der Waals surface area contributed by atoms with Crippen LogP contribution in [-0.2, 0) is 14.3 Å². The summed E-state index contributed by atoms with van der Waals surface area (Å²) in [5, 5.41) is 3.03. The minimum atomic E-state index is -0.436. The number of carbonyl (C=O) groups is 2. The maximum Gasteiger partial charge on any atom is 0.309 e. The van der Waals surface area contributed by atoms with Crippen LogP contribution in [-0.4, -0.2) is 38.2 Å². The number of hydrogen-bond donors (Lipinski definition) is 1. The molecule has 4 aliphatic rings. The van der Waals surface area contributed by atoms with Crippen LogP contribution in [0.5, 0.6) is 11.5 Å². The summed E-state index contributed by atoms with van der Waals surface area (Å²) in [4.78, 5) is 24.2. The van der Waals surface area contributed by atoms with E-state index in [1.165, 1.54) is 38.5 Å². The number of hydrogen-bond acceptors (Lipinski definition) is 5. The van der Waals surface area contributed by atoms with Gasteiger partial charge >= 0.3 is 5.97 Å². The fourth-order valence-electron chi connectivity index (χ4n) is 6.15. The Morgan fingerprint density at radius 2 is 1.60 bits per heavy atom. The molecule has 1 aromatic carbocycles. The monoisotopic (exact) mass is 415 g/mol. The van der Waals surface area contributed by atoms with E-state index < -0.39 is 5.97 Å². The first kappa shape index (κ1) is 21.0. The molecule has 6 nitrogen and oxygen atoms in total. The van der Waals surface area contributed by atoms with Crippen molar-refractivity contribution >= 4 is 11.9 Å². The zero-order valence-electron chi connectivity index (χ0n) is 17.9. The van der Waals surface area contributed by atoms with Crippen molar-refractivity contribution in [3.63, 3.8) is 0 Å². The lowest BCUT2D eigenvalue weighted by molar-refractivity contribution is -0.149. The van der Waals surface area contributed by atoms with Crippen LogP contribution in [0.1, 0.15) is 51.9 Å². The third-order valence-electron chi connectivity index (χ3n) is 6.90. The molecule has 1 aromatic rings. The van der Waals surface area contributed by atoms with E-state index in [4.69, 9.17) is 14.2 Å². The van der Waals surface area contributed by atoms with Gasteiger partial charge in [0.2, 0.25) is 0 Å². The SMILES string of the molecule is CCOc1ccccc1OCCC(=O)OCC(=O)NCC12CC3CC(CC(C3)C1)C2. The summed E-state index contributed by atoms with van der Waals surface area (Å²) >= 11 is 0. The van der Waals surface area contributed by atoms with Crippen LogP contribution >= 0.6 is 0 Å². The Hall–Kier alpha value is -2.24. The van der Waals surface area contributed by atoms with Gasteiger partial charge in [0, 0.05) is 6.54 Å². The van der Waals surface area contributed by atoms with Gasteiger partial charge in [-0.2, -0.15) is 0 Å². The number of rotatable bonds is 10. The summed E-state index contributed by atoms with van der Waals surface area (Å²) < 4.78 is 16.2. The van der Waals surface area contributed by atoms with E-state index in [1.807, 2.05) is 25.1 Å². The molecule has 4 fully saturated rings. The summed E-state index contributed by atoms with van der Waals surface area (Å²) in [5.41, 5.74) is 0.288. The summed E-state index contributed by atoms with van der Waals surface area (Å²) in [5.74, 6) is 3.19. The van der Waals surface area contributed by atoms with Crippen molar-refractivity contribution in [2.24, 2.45) is 23.2 Å². The molecule has 0 unspecified atom stereocenters. The molecule has 0 atom stereocenters. The Balaban J connectivity index is 1.14. The fourth-order valence-corrected chi connectivity index (χ4v) is 6.15. The van der Waals surface area contributed by atoms with Gasteiger partial charge in [0.1, 0.15) is 0 Å². The summed E-state index contributed by atoms with van der Waals surface area (Å²) in [7, 11) is 0. The average molecular weight is 416 g/mol. The van der Waals surface area contributed by atoms with Gasteiger partial charge in [-0.1, -0.05) is 12.1 Å². The zero-order valence-corrected chi connectivity index (χ0v) is 17.9. The van der Waals surface area contributed by atoms with Gasteiger partial charge in [-0.3, -0.25) is 9.59 Å². The molecule has 0 spiro atoms. The third kappa shape index (κ3) is 5.08. The van der Waals surface area contributed by atoms with Crippen molar-refractivity contribution in [3.8, 4) is 11.5 Å². The molecular formula is C24H33NO5. The van der Waals surface area contributed by atoms with Gasteiger partial charge in [-0.25, -0.2) is 0 Å². The van der Waals surface area contributed by atoms with Crippen molar-refractivity contribution in [2.75, 3.05) is 26.4 Å². The van der Waals surface area contributed by atoms with Crippen LogP contribution < -0.4 is 14.8 Å². The smallest absolute Gasteiger partial charge is 0.309 e. The van der Waals surface area contributed by atoms with Crippen LogP contribution in [0.25, 0.3) is 0 Å². The van der Waals surface area contributed by atoms with Crippen LogP contribution in [0.3, 0.4) is 0 Å². The molecule has 5 rings (SSSR count). The second-order valence-electron chi connectivity index (χ2n) is 9.33. The predicted octanol–water partition coefficient (Wildman–Crippen LogP) is 3.73. The lowest BCUT2D eigenvalue weighted by Crippen LogP contribution is -2.51. The number of para-hydroxylation sites is 2. The van der Waals surface area contributed by atoms with Crippen LogP contribution in [0.2, 0.25) is 0 Å². The molecular weight excluding hydrogens is 382 g/mol. The Morgan fingerprint density at radius 1 is 1.00 bits per heavy atom. The minimum absolute atomic E-state index is 0.0860. The topological polar surface area (TPSA) is 73.9 Å². The van der Waals surface area contributed by atoms with Gasteiger partial charge < -0.3 is 19.5 Å². The maximum absolute atomic E-state index is 12.2. The van der Waals surface area contributed by atoms with Crippen LogP contribution in [0.15, 0.2) is 24.3 Å². The van der Waals surface area contributed by atoms with E-state index in [1.54, 1.807) is 6.07 Å². The Labute approximate surface area is 178 Å². The highest BCUT2D eigenvalue weighted by molar-refractivity contribution is 5.80. The quantitative estimate of drug-likeness (QED) is 0.590. The summed E-state index contributed by atoms with van der Waals surface area (Å²) in [6.45, 7) is 3.13. The third-order valence-corrected chi connectivity index (χ3v) is 6.90. The van der Waals surface area contributed by atoms with E-state index >= 15 is 0 Å². The Bertz CT molecular complexity index is 726. The number of esters is 1. The molecule has 30 heavy (non-hydrogen) atoms. The normalized spacial score (nSPS) is 28.8. The Kier molecular flexibility index (Phi) is 6.49. The molecule has 164 valence electrons. The van der Waals surface area contributed by atoms with Crippen LogP contribution in [0, 0.1) is 23.2 Å². The number of carbonyl (C=O) groups excluding carboxylic acids is 2. The molecule has 0 radical (unpaired) electrons. The van der Waals surface area contributed by atoms with E-state index in [2.05, 4.69) is 5.32 Å². The van der Waals surface area contributed by atoms with Gasteiger partial charge in [0.25, 0.3) is 5.91 Å². The first-order valence-corrected chi connectivity index (χ1v) is 11.3. The molecule has 4 bridgehead atoms. The molecule has 0 heterocycles. The van der Waals surface area contributed by atoms with Gasteiger partial charge in [0.05, 0.1) is 19.6 Å².